The van der Waals surface area contributed by atoms with E-state index in [9.17, 15) is 14.4 Å². The number of nitrogens with zero attached hydrogens (tertiary/aromatic N) is 4. The molecule has 10 heteroatoms. The second-order valence-corrected chi connectivity index (χ2v) is 12.3. The average Bonchev–Trinajstić information content (AvgIpc) is 3.41. The lowest BCUT2D eigenvalue weighted by atomic mass is 10.1. The predicted molar refractivity (Wildman–Crippen MR) is 172 cm³/mol. The minimum absolute atomic E-state index is 0.0605. The van der Waals surface area contributed by atoms with Crippen LogP contribution in [0, 0.1) is 0 Å². The summed E-state index contributed by atoms with van der Waals surface area (Å²) >= 11 is 0. The van der Waals surface area contributed by atoms with E-state index in [1.54, 1.807) is 24.1 Å². The molecule has 3 aromatic carbocycles. The summed E-state index contributed by atoms with van der Waals surface area (Å²) in [6.45, 7) is 10.7. The molecule has 10 nitrogen and oxygen atoms in total. The number of amides is 3. The average molecular weight is 604 g/mol. The van der Waals surface area contributed by atoms with Crippen LogP contribution in [0.15, 0.2) is 60.7 Å². The normalized spacial score (nSPS) is 13.0. The van der Waals surface area contributed by atoms with Crippen molar-refractivity contribution in [3.8, 4) is 5.75 Å². The summed E-state index contributed by atoms with van der Waals surface area (Å²) in [4.78, 5) is 43.3. The topological polar surface area (TPSA) is 94.7 Å². The van der Waals surface area contributed by atoms with Crippen LogP contribution in [0.3, 0.4) is 0 Å². The number of anilines is 1. The van der Waals surface area contributed by atoms with Crippen LogP contribution < -0.4 is 10.1 Å². The van der Waals surface area contributed by atoms with Gasteiger partial charge in [-0.25, -0.2) is 9.80 Å². The third kappa shape index (κ3) is 8.19. The van der Waals surface area contributed by atoms with Gasteiger partial charge in [0, 0.05) is 39.3 Å². The van der Waals surface area contributed by atoms with Crippen molar-refractivity contribution >= 4 is 34.4 Å². The molecular weight excluding hydrogens is 558 g/mol. The number of likely N-dealkylation sites (N-methyl/N-ethyl adjacent to an activating group) is 1. The van der Waals surface area contributed by atoms with E-state index in [1.807, 2.05) is 88.2 Å². The molecule has 0 unspecified atom stereocenters. The lowest BCUT2D eigenvalue weighted by molar-refractivity contribution is -0.151. The molecule has 0 saturated heterocycles. The molecule has 1 aliphatic rings. The Hall–Kier alpha value is -4.31. The number of hydrogen-bond acceptors (Lipinski definition) is 7. The highest BCUT2D eigenvalue weighted by molar-refractivity contribution is 5.91. The Morgan fingerprint density at radius 1 is 0.909 bits per heavy atom. The maximum Gasteiger partial charge on any atom is 0.410 e. The third-order valence-corrected chi connectivity index (χ3v) is 7.65. The third-order valence-electron chi connectivity index (χ3n) is 7.65. The number of methoxy groups -OCH3 is 1. The molecule has 0 spiro atoms. The summed E-state index contributed by atoms with van der Waals surface area (Å²) < 4.78 is 11.2. The monoisotopic (exact) mass is 603 g/mol. The quantitative estimate of drug-likeness (QED) is 0.325. The molecule has 0 aliphatic carbocycles. The van der Waals surface area contributed by atoms with Gasteiger partial charge in [0.05, 0.1) is 19.3 Å². The van der Waals surface area contributed by atoms with E-state index in [0.29, 0.717) is 24.5 Å². The molecule has 0 saturated carbocycles. The number of hydrogen-bond donors (Lipinski definition) is 1. The molecular formula is C34H45N5O5. The van der Waals surface area contributed by atoms with Crippen molar-refractivity contribution in [1.82, 2.24) is 19.8 Å². The second-order valence-electron chi connectivity index (χ2n) is 12.3. The van der Waals surface area contributed by atoms with Gasteiger partial charge in [-0.2, -0.15) is 0 Å². The summed E-state index contributed by atoms with van der Waals surface area (Å²) in [7, 11) is 3.32. The van der Waals surface area contributed by atoms with Crippen LogP contribution in [0.4, 0.5) is 10.5 Å². The summed E-state index contributed by atoms with van der Waals surface area (Å²) in [5.41, 5.74) is 2.38. The Balaban J connectivity index is 1.49. The van der Waals surface area contributed by atoms with Crippen molar-refractivity contribution in [3.05, 3.63) is 71.8 Å². The zero-order valence-corrected chi connectivity index (χ0v) is 26.9. The highest BCUT2D eigenvalue weighted by Crippen LogP contribution is 2.30. The highest BCUT2D eigenvalue weighted by atomic mass is 16.6. The van der Waals surface area contributed by atoms with Gasteiger partial charge >= 0.3 is 6.09 Å². The Bertz CT molecular complexity index is 1460. The minimum Gasteiger partial charge on any atom is -0.495 e. The number of ether oxygens (including phenoxy) is 2. The molecule has 0 aromatic heterocycles. The molecule has 3 amide bonds. The summed E-state index contributed by atoms with van der Waals surface area (Å²) in [6, 6.07) is 19.7. The van der Waals surface area contributed by atoms with Crippen molar-refractivity contribution < 1.29 is 23.9 Å². The SMILES string of the molecule is COc1cc2ccccc2cc1NCC(=O)N(CCN(C(=O)OC(C)(C)C)C(C)C)CC(=O)N(C)N1Cc2ccccc2C1. The van der Waals surface area contributed by atoms with Crippen molar-refractivity contribution in [3.63, 3.8) is 0 Å². The molecule has 3 aromatic rings. The van der Waals surface area contributed by atoms with E-state index in [2.05, 4.69) is 17.4 Å². The van der Waals surface area contributed by atoms with E-state index >= 15 is 0 Å². The fraction of sp³-hybridized carbons (Fsp3) is 0.441. The van der Waals surface area contributed by atoms with E-state index in [-0.39, 0.29) is 44.0 Å². The minimum atomic E-state index is -0.658. The first-order chi connectivity index (χ1) is 20.9. The Morgan fingerprint density at radius 2 is 1.50 bits per heavy atom. The van der Waals surface area contributed by atoms with Crippen LogP contribution in [0.2, 0.25) is 0 Å². The number of nitrogens with one attached hydrogen (secondary N) is 1. The van der Waals surface area contributed by atoms with Gasteiger partial charge in [-0.05, 0) is 68.7 Å². The van der Waals surface area contributed by atoms with Crippen LogP contribution >= 0.6 is 0 Å². The fourth-order valence-electron chi connectivity index (χ4n) is 5.16. The lowest BCUT2D eigenvalue weighted by Crippen LogP contribution is -2.51. The molecule has 1 heterocycles. The van der Waals surface area contributed by atoms with Crippen LogP contribution in [-0.4, -0.2) is 89.7 Å². The Morgan fingerprint density at radius 3 is 2.07 bits per heavy atom. The Labute approximate surface area is 260 Å². The molecule has 1 aliphatic heterocycles. The molecule has 44 heavy (non-hydrogen) atoms. The molecule has 0 fully saturated rings. The molecule has 1 N–H and O–H groups in total. The van der Waals surface area contributed by atoms with Crippen LogP contribution in [0.25, 0.3) is 10.8 Å². The van der Waals surface area contributed by atoms with Crippen molar-refractivity contribution in [1.29, 1.82) is 0 Å². The molecule has 4 rings (SSSR count). The number of fused-ring (bicyclic) bond motifs is 2. The van der Waals surface area contributed by atoms with Crippen LogP contribution in [-0.2, 0) is 27.4 Å². The smallest absolute Gasteiger partial charge is 0.410 e. The van der Waals surface area contributed by atoms with Crippen LogP contribution in [0.5, 0.6) is 5.75 Å². The number of rotatable bonds is 11. The van der Waals surface area contributed by atoms with Crippen molar-refractivity contribution in [2.45, 2.75) is 59.4 Å². The standard InChI is InChI=1S/C34H45N5O5/c1-24(2)39(33(42)44-34(3,4)5)17-16-37(23-32(41)36(6)38-21-27-14-10-11-15-28(27)22-38)31(40)20-35-29-18-25-12-8-9-13-26(25)19-30(29)43-7/h8-15,18-19,24,35H,16-17,20-23H2,1-7H3. The molecule has 236 valence electrons. The summed E-state index contributed by atoms with van der Waals surface area (Å²) in [5, 5.41) is 8.80. The zero-order valence-electron chi connectivity index (χ0n) is 26.9. The van der Waals surface area contributed by atoms with Gasteiger partial charge in [-0.15, -0.1) is 0 Å². The van der Waals surface area contributed by atoms with Gasteiger partial charge in [0.2, 0.25) is 5.91 Å². The number of hydrazine groups is 1. The fourth-order valence-corrected chi connectivity index (χ4v) is 5.16. The maximum atomic E-state index is 13.7. The van der Waals surface area contributed by atoms with E-state index in [4.69, 9.17) is 9.47 Å². The van der Waals surface area contributed by atoms with Gasteiger partial charge in [0.15, 0.2) is 0 Å². The summed E-state index contributed by atoms with van der Waals surface area (Å²) in [5.74, 6) is 0.116. The van der Waals surface area contributed by atoms with Crippen molar-refractivity contribution in [2.24, 2.45) is 0 Å². The lowest BCUT2D eigenvalue weighted by Gasteiger charge is -2.33. The van der Waals surface area contributed by atoms with E-state index < -0.39 is 11.7 Å². The molecule has 0 atom stereocenters. The van der Waals surface area contributed by atoms with Gasteiger partial charge in [0.25, 0.3) is 5.91 Å². The van der Waals surface area contributed by atoms with Gasteiger partial charge in [-0.3, -0.25) is 14.6 Å². The maximum absolute atomic E-state index is 13.7. The number of carbonyl (C=O) groups excluding carboxylic acids is 3. The first-order valence-electron chi connectivity index (χ1n) is 15.0. The largest absolute Gasteiger partial charge is 0.495 e. The molecule has 0 bridgehead atoms. The van der Waals surface area contributed by atoms with Crippen molar-refractivity contribution in [2.75, 3.05) is 45.7 Å². The second kappa shape index (κ2) is 14.0. The first kappa shape index (κ1) is 32.6. The predicted octanol–water partition coefficient (Wildman–Crippen LogP) is 5.12. The van der Waals surface area contributed by atoms with Gasteiger partial charge in [-0.1, -0.05) is 48.5 Å². The Kier molecular flexibility index (Phi) is 10.4. The summed E-state index contributed by atoms with van der Waals surface area (Å²) in [6.07, 6.45) is -0.461. The van der Waals surface area contributed by atoms with Crippen LogP contribution in [0.1, 0.15) is 45.7 Å². The van der Waals surface area contributed by atoms with Gasteiger partial charge < -0.3 is 24.6 Å². The number of carbonyl (C=O) groups is 3. The van der Waals surface area contributed by atoms with Gasteiger partial charge in [0.1, 0.15) is 17.9 Å². The number of benzene rings is 3. The highest BCUT2D eigenvalue weighted by Gasteiger charge is 2.29. The zero-order chi connectivity index (χ0) is 32.0. The van der Waals surface area contributed by atoms with E-state index in [1.165, 1.54) is 16.0 Å². The van der Waals surface area contributed by atoms with E-state index in [0.717, 1.165) is 10.8 Å². The molecule has 0 radical (unpaired) electrons. The first-order valence-corrected chi connectivity index (χ1v) is 15.0.